The minimum atomic E-state index is 0.233. The molecule has 2 rings (SSSR count). The van der Waals surface area contributed by atoms with Crippen molar-refractivity contribution in [3.8, 4) is 0 Å². The maximum atomic E-state index is 5.99. The van der Waals surface area contributed by atoms with Gasteiger partial charge in [0.15, 0.2) is 0 Å². The fraction of sp³-hybridized carbons (Fsp3) is 0.529. The molecule has 3 heteroatoms. The molecule has 2 aromatic rings. The Morgan fingerprint density at radius 2 is 2.00 bits per heavy atom. The molecule has 0 fully saturated rings. The first-order valence-electron chi connectivity index (χ1n) is 7.55. The van der Waals surface area contributed by atoms with E-state index in [-0.39, 0.29) is 6.04 Å². The van der Waals surface area contributed by atoms with E-state index in [1.165, 1.54) is 11.8 Å². The van der Waals surface area contributed by atoms with Gasteiger partial charge >= 0.3 is 0 Å². The van der Waals surface area contributed by atoms with Gasteiger partial charge in [0.2, 0.25) is 0 Å². The first-order chi connectivity index (χ1) is 9.65. The van der Waals surface area contributed by atoms with Crippen molar-refractivity contribution < 1.29 is 4.42 Å². The highest BCUT2D eigenvalue weighted by Crippen LogP contribution is 2.24. The Morgan fingerprint density at radius 1 is 1.25 bits per heavy atom. The molecule has 0 aliphatic rings. The molecule has 0 bridgehead atoms. The van der Waals surface area contributed by atoms with Gasteiger partial charge in [-0.3, -0.25) is 4.90 Å². The van der Waals surface area contributed by atoms with Crippen molar-refractivity contribution in [1.82, 2.24) is 10.2 Å². The molecule has 0 radical (unpaired) electrons. The number of fused-ring (bicyclic) bond motifs is 1. The van der Waals surface area contributed by atoms with Gasteiger partial charge in [-0.15, -0.1) is 0 Å². The van der Waals surface area contributed by atoms with E-state index in [0.717, 1.165) is 24.4 Å². The van der Waals surface area contributed by atoms with E-state index >= 15 is 0 Å². The molecular formula is C17H26N2O. The summed E-state index contributed by atoms with van der Waals surface area (Å²) >= 11 is 0. The van der Waals surface area contributed by atoms with Gasteiger partial charge in [-0.05, 0) is 46.0 Å². The third-order valence-electron chi connectivity index (χ3n) is 3.79. The van der Waals surface area contributed by atoms with E-state index in [4.69, 9.17) is 4.42 Å². The number of benzene rings is 1. The van der Waals surface area contributed by atoms with Crippen LogP contribution in [0.25, 0.3) is 11.0 Å². The van der Waals surface area contributed by atoms with Crippen LogP contribution in [0.1, 0.15) is 39.0 Å². The van der Waals surface area contributed by atoms with E-state index in [9.17, 15) is 0 Å². The van der Waals surface area contributed by atoms with Crippen molar-refractivity contribution in [2.45, 2.75) is 39.3 Å². The van der Waals surface area contributed by atoms with E-state index < -0.39 is 0 Å². The number of hydrogen-bond donors (Lipinski definition) is 1. The van der Waals surface area contributed by atoms with Gasteiger partial charge in [-0.25, -0.2) is 0 Å². The SMILES string of the molecule is CCCN(CC(NC)c1cc2ccccc2o1)C(C)C. The monoisotopic (exact) mass is 274 g/mol. The number of rotatable bonds is 7. The molecule has 1 aromatic heterocycles. The summed E-state index contributed by atoms with van der Waals surface area (Å²) in [7, 11) is 2.00. The molecule has 20 heavy (non-hydrogen) atoms. The lowest BCUT2D eigenvalue weighted by Gasteiger charge is -2.29. The number of nitrogens with one attached hydrogen (secondary N) is 1. The Morgan fingerprint density at radius 3 is 2.60 bits per heavy atom. The number of nitrogens with zero attached hydrogens (tertiary/aromatic N) is 1. The quantitative estimate of drug-likeness (QED) is 0.832. The van der Waals surface area contributed by atoms with Crippen LogP contribution in [0.2, 0.25) is 0 Å². The molecule has 1 heterocycles. The Balaban J connectivity index is 2.18. The van der Waals surface area contributed by atoms with Gasteiger partial charge < -0.3 is 9.73 Å². The second-order valence-electron chi connectivity index (χ2n) is 5.62. The summed E-state index contributed by atoms with van der Waals surface area (Å²) in [5.41, 5.74) is 0.967. The van der Waals surface area contributed by atoms with E-state index in [1.807, 2.05) is 25.2 Å². The van der Waals surface area contributed by atoms with E-state index in [2.05, 4.69) is 43.1 Å². The lowest BCUT2D eigenvalue weighted by atomic mass is 10.1. The second-order valence-corrected chi connectivity index (χ2v) is 5.62. The van der Waals surface area contributed by atoms with Crippen LogP contribution < -0.4 is 5.32 Å². The predicted molar refractivity (Wildman–Crippen MR) is 85.0 cm³/mol. The first-order valence-corrected chi connectivity index (χ1v) is 7.55. The minimum Gasteiger partial charge on any atom is -0.459 e. The van der Waals surface area contributed by atoms with Crippen LogP contribution >= 0.6 is 0 Å². The molecule has 110 valence electrons. The lowest BCUT2D eigenvalue weighted by Crippen LogP contribution is -2.38. The van der Waals surface area contributed by atoms with E-state index in [0.29, 0.717) is 6.04 Å². The smallest absolute Gasteiger partial charge is 0.134 e. The molecular weight excluding hydrogens is 248 g/mol. The van der Waals surface area contributed by atoms with Gasteiger partial charge in [-0.2, -0.15) is 0 Å². The number of likely N-dealkylation sites (N-methyl/N-ethyl adjacent to an activating group) is 1. The maximum Gasteiger partial charge on any atom is 0.134 e. The largest absolute Gasteiger partial charge is 0.459 e. The number of para-hydroxylation sites is 1. The van der Waals surface area contributed by atoms with Crippen LogP contribution in [0.5, 0.6) is 0 Å². The van der Waals surface area contributed by atoms with Crippen molar-refractivity contribution in [2.24, 2.45) is 0 Å². The Kier molecular flexibility index (Phi) is 5.21. The fourth-order valence-electron chi connectivity index (χ4n) is 2.58. The van der Waals surface area contributed by atoms with Gasteiger partial charge in [0, 0.05) is 18.0 Å². The summed E-state index contributed by atoms with van der Waals surface area (Å²) in [6.07, 6.45) is 1.18. The minimum absolute atomic E-state index is 0.233. The standard InChI is InChI=1S/C17H26N2O/c1-5-10-19(13(2)3)12-15(18-4)17-11-14-8-6-7-9-16(14)20-17/h6-9,11,13,15,18H,5,10,12H2,1-4H3. The summed E-state index contributed by atoms with van der Waals surface area (Å²) < 4.78 is 5.99. The Hall–Kier alpha value is -1.32. The highest BCUT2D eigenvalue weighted by Gasteiger charge is 2.19. The fourth-order valence-corrected chi connectivity index (χ4v) is 2.58. The maximum absolute atomic E-state index is 5.99. The lowest BCUT2D eigenvalue weighted by molar-refractivity contribution is 0.193. The van der Waals surface area contributed by atoms with Gasteiger partial charge in [-0.1, -0.05) is 25.1 Å². The van der Waals surface area contributed by atoms with Gasteiger partial charge in [0.25, 0.3) is 0 Å². The molecule has 1 N–H and O–H groups in total. The van der Waals surface area contributed by atoms with Crippen molar-refractivity contribution >= 4 is 11.0 Å². The van der Waals surface area contributed by atoms with Crippen LogP contribution in [0, 0.1) is 0 Å². The zero-order valence-corrected chi connectivity index (χ0v) is 13.0. The van der Waals surface area contributed by atoms with Crippen molar-refractivity contribution in [3.05, 3.63) is 36.1 Å². The summed E-state index contributed by atoms with van der Waals surface area (Å²) in [4.78, 5) is 2.49. The Labute approximate surface area is 122 Å². The number of hydrogen-bond acceptors (Lipinski definition) is 3. The average molecular weight is 274 g/mol. The molecule has 1 unspecified atom stereocenters. The molecule has 0 amide bonds. The summed E-state index contributed by atoms with van der Waals surface area (Å²) in [5, 5.41) is 4.56. The third-order valence-corrected chi connectivity index (χ3v) is 3.79. The zero-order chi connectivity index (χ0) is 14.5. The first kappa shape index (κ1) is 15.1. The summed E-state index contributed by atoms with van der Waals surface area (Å²) in [6.45, 7) is 8.82. The van der Waals surface area contributed by atoms with Crippen molar-refractivity contribution in [2.75, 3.05) is 20.1 Å². The van der Waals surface area contributed by atoms with Crippen LogP contribution in [-0.4, -0.2) is 31.1 Å². The molecule has 0 spiro atoms. The predicted octanol–water partition coefficient (Wildman–Crippen LogP) is 3.81. The van der Waals surface area contributed by atoms with Crippen LogP contribution in [-0.2, 0) is 0 Å². The van der Waals surface area contributed by atoms with Gasteiger partial charge in [0.1, 0.15) is 11.3 Å². The van der Waals surface area contributed by atoms with Crippen LogP contribution in [0.4, 0.5) is 0 Å². The molecule has 0 aliphatic heterocycles. The Bertz CT molecular complexity index is 500. The highest BCUT2D eigenvalue weighted by atomic mass is 16.3. The van der Waals surface area contributed by atoms with Crippen molar-refractivity contribution in [1.29, 1.82) is 0 Å². The third kappa shape index (κ3) is 3.41. The molecule has 0 saturated heterocycles. The molecule has 1 atom stereocenters. The van der Waals surface area contributed by atoms with Gasteiger partial charge in [0.05, 0.1) is 6.04 Å². The van der Waals surface area contributed by atoms with Crippen LogP contribution in [0.15, 0.2) is 34.7 Å². The normalized spacial score (nSPS) is 13.5. The summed E-state index contributed by atoms with van der Waals surface area (Å²) in [5.74, 6) is 1.02. The highest BCUT2D eigenvalue weighted by molar-refractivity contribution is 5.77. The molecule has 3 nitrogen and oxygen atoms in total. The molecule has 0 aliphatic carbocycles. The van der Waals surface area contributed by atoms with E-state index in [1.54, 1.807) is 0 Å². The zero-order valence-electron chi connectivity index (χ0n) is 13.0. The average Bonchev–Trinajstić information content (AvgIpc) is 2.86. The summed E-state index contributed by atoms with van der Waals surface area (Å²) in [6, 6.07) is 11.1. The topological polar surface area (TPSA) is 28.4 Å². The number of furan rings is 1. The molecule has 0 saturated carbocycles. The second kappa shape index (κ2) is 6.91. The van der Waals surface area contributed by atoms with Crippen LogP contribution in [0.3, 0.4) is 0 Å². The molecule has 1 aromatic carbocycles. The van der Waals surface area contributed by atoms with Crippen molar-refractivity contribution in [3.63, 3.8) is 0 Å².